The van der Waals surface area contributed by atoms with Crippen molar-refractivity contribution < 1.29 is 28.8 Å². The van der Waals surface area contributed by atoms with Crippen LogP contribution in [0, 0.1) is 10.1 Å². The molecule has 2 amide bonds. The number of nitrogens with zero attached hydrogens (tertiary/aromatic N) is 2. The van der Waals surface area contributed by atoms with Gasteiger partial charge in [0.1, 0.15) is 5.75 Å². The molecule has 1 heterocycles. The van der Waals surface area contributed by atoms with E-state index in [4.69, 9.17) is 9.47 Å². The highest BCUT2D eigenvalue weighted by Gasteiger charge is 2.38. The van der Waals surface area contributed by atoms with Gasteiger partial charge in [0.05, 0.1) is 24.1 Å². The van der Waals surface area contributed by atoms with Crippen molar-refractivity contribution in [3.8, 4) is 11.5 Å². The quantitative estimate of drug-likeness (QED) is 0.246. The molecule has 1 aliphatic heterocycles. The van der Waals surface area contributed by atoms with Crippen molar-refractivity contribution >= 4 is 23.3 Å². The van der Waals surface area contributed by atoms with Gasteiger partial charge >= 0.3 is 5.69 Å². The van der Waals surface area contributed by atoms with E-state index >= 15 is 0 Å². The van der Waals surface area contributed by atoms with Crippen LogP contribution in [0.25, 0.3) is 0 Å². The number of amides is 2. The molecule has 0 saturated heterocycles. The third-order valence-electron chi connectivity index (χ3n) is 5.20. The first-order chi connectivity index (χ1) is 15.9. The number of nitro groups is 1. The highest BCUT2D eigenvalue weighted by molar-refractivity contribution is 6.12. The fraction of sp³-hybridized carbons (Fsp3) is 0.125. The molecule has 0 saturated carbocycles. The highest BCUT2D eigenvalue weighted by atomic mass is 16.6. The minimum Gasteiger partial charge on any atom is -0.490 e. The summed E-state index contributed by atoms with van der Waals surface area (Å²) >= 11 is 0. The van der Waals surface area contributed by atoms with E-state index in [1.54, 1.807) is 48.5 Å². The average Bonchev–Trinajstić information content (AvgIpc) is 2.94. The van der Waals surface area contributed by atoms with E-state index in [0.29, 0.717) is 5.56 Å². The molecule has 0 N–H and O–H groups in total. The van der Waals surface area contributed by atoms with E-state index < -0.39 is 40.9 Å². The molecule has 9 heteroatoms. The van der Waals surface area contributed by atoms with E-state index in [-0.39, 0.29) is 22.6 Å². The van der Waals surface area contributed by atoms with Crippen LogP contribution >= 0.6 is 0 Å². The number of ether oxygens (including phenoxy) is 2. The second kappa shape index (κ2) is 8.91. The van der Waals surface area contributed by atoms with Gasteiger partial charge in [0.25, 0.3) is 11.8 Å². The Balaban J connectivity index is 1.72. The predicted molar refractivity (Wildman–Crippen MR) is 116 cm³/mol. The number of methoxy groups -OCH3 is 1. The maximum atomic E-state index is 13.4. The van der Waals surface area contributed by atoms with E-state index in [1.807, 2.05) is 0 Å². The Morgan fingerprint density at radius 2 is 1.76 bits per heavy atom. The van der Waals surface area contributed by atoms with Crippen molar-refractivity contribution in [1.29, 1.82) is 0 Å². The number of nitro benzene ring substituents is 1. The first-order valence-corrected chi connectivity index (χ1v) is 9.92. The van der Waals surface area contributed by atoms with Gasteiger partial charge in [-0.2, -0.15) is 0 Å². The lowest BCUT2D eigenvalue weighted by atomic mass is 10.1. The zero-order valence-electron chi connectivity index (χ0n) is 17.5. The van der Waals surface area contributed by atoms with Crippen molar-refractivity contribution in [2.75, 3.05) is 13.7 Å². The monoisotopic (exact) mass is 446 g/mol. The number of ketones is 1. The van der Waals surface area contributed by atoms with Crippen LogP contribution in [0.5, 0.6) is 11.5 Å². The van der Waals surface area contributed by atoms with Crippen molar-refractivity contribution in [2.24, 2.45) is 0 Å². The molecule has 3 aromatic carbocycles. The van der Waals surface area contributed by atoms with Crippen LogP contribution in [0.3, 0.4) is 0 Å². The third-order valence-corrected chi connectivity index (χ3v) is 5.20. The second-order valence-corrected chi connectivity index (χ2v) is 7.20. The van der Waals surface area contributed by atoms with Crippen molar-refractivity contribution in [2.45, 2.75) is 6.10 Å². The maximum absolute atomic E-state index is 13.4. The maximum Gasteiger partial charge on any atom is 0.311 e. The molecule has 33 heavy (non-hydrogen) atoms. The molecule has 0 bridgehead atoms. The Labute approximate surface area is 188 Å². The summed E-state index contributed by atoms with van der Waals surface area (Å²) in [5.41, 5.74) is 0.229. The minimum absolute atomic E-state index is 0.00931. The summed E-state index contributed by atoms with van der Waals surface area (Å²) in [6.07, 6.45) is -1.14. The van der Waals surface area contributed by atoms with Gasteiger partial charge in [-0.3, -0.25) is 29.4 Å². The van der Waals surface area contributed by atoms with Crippen LogP contribution in [0.1, 0.15) is 32.4 Å². The molecule has 3 aromatic rings. The second-order valence-electron chi connectivity index (χ2n) is 7.20. The van der Waals surface area contributed by atoms with Gasteiger partial charge < -0.3 is 9.47 Å². The van der Waals surface area contributed by atoms with Gasteiger partial charge in [-0.1, -0.05) is 42.5 Å². The van der Waals surface area contributed by atoms with Gasteiger partial charge in [-0.05, 0) is 24.3 Å². The Morgan fingerprint density at radius 1 is 1.06 bits per heavy atom. The van der Waals surface area contributed by atoms with Crippen molar-refractivity contribution in [3.05, 3.63) is 99.6 Å². The number of carbonyl (C=O) groups is 3. The number of hydrogen-bond acceptors (Lipinski definition) is 7. The zero-order valence-corrected chi connectivity index (χ0v) is 17.5. The topological polar surface area (TPSA) is 116 Å². The number of fused-ring (bicyclic) bond motifs is 1. The number of hydrogen-bond donors (Lipinski definition) is 0. The molecule has 0 fully saturated rings. The fourth-order valence-electron chi connectivity index (χ4n) is 3.54. The molecular formula is C24H18N2O7. The van der Waals surface area contributed by atoms with Gasteiger partial charge in [-0.25, -0.2) is 0 Å². The van der Waals surface area contributed by atoms with Crippen LogP contribution in [0.2, 0.25) is 0 Å². The number of Topliss-reactive ketones (excluding diaryl/α,β-unsaturated/α-hetero) is 1. The van der Waals surface area contributed by atoms with Crippen LogP contribution in [-0.4, -0.2) is 41.1 Å². The molecule has 1 aliphatic rings. The van der Waals surface area contributed by atoms with E-state index in [2.05, 4.69) is 0 Å². The van der Waals surface area contributed by atoms with Gasteiger partial charge in [-0.15, -0.1) is 0 Å². The predicted octanol–water partition coefficient (Wildman–Crippen LogP) is 3.59. The molecule has 166 valence electrons. The first-order valence-electron chi connectivity index (χ1n) is 9.92. The zero-order chi connectivity index (χ0) is 23.5. The molecular weight excluding hydrogens is 428 g/mol. The van der Waals surface area contributed by atoms with Gasteiger partial charge in [0.15, 0.2) is 11.5 Å². The highest BCUT2D eigenvalue weighted by Crippen LogP contribution is 2.32. The lowest BCUT2D eigenvalue weighted by Crippen LogP contribution is -2.42. The molecule has 1 unspecified atom stereocenters. The van der Waals surface area contributed by atoms with E-state index in [0.717, 1.165) is 11.0 Å². The number of rotatable bonds is 6. The largest absolute Gasteiger partial charge is 0.490 e. The van der Waals surface area contributed by atoms with Crippen LogP contribution in [-0.2, 0) is 4.79 Å². The summed E-state index contributed by atoms with van der Waals surface area (Å²) in [7, 11) is 1.28. The summed E-state index contributed by atoms with van der Waals surface area (Å²) < 4.78 is 10.9. The minimum atomic E-state index is -1.14. The summed E-state index contributed by atoms with van der Waals surface area (Å²) in [5, 5.41) is 11.3. The molecule has 9 nitrogen and oxygen atoms in total. The summed E-state index contributed by atoms with van der Waals surface area (Å²) in [5.74, 6) is -1.83. The lowest BCUT2D eigenvalue weighted by Gasteiger charge is -2.22. The van der Waals surface area contributed by atoms with Crippen LogP contribution in [0.4, 0.5) is 5.69 Å². The molecule has 1 atom stereocenters. The summed E-state index contributed by atoms with van der Waals surface area (Å²) in [6, 6.07) is 18.7. The van der Waals surface area contributed by atoms with Gasteiger partial charge in [0.2, 0.25) is 6.10 Å². The van der Waals surface area contributed by atoms with Crippen LogP contribution < -0.4 is 9.47 Å². The molecule has 4 rings (SSSR count). The number of benzene rings is 3. The van der Waals surface area contributed by atoms with Crippen molar-refractivity contribution in [3.63, 3.8) is 0 Å². The molecule has 0 aliphatic carbocycles. The smallest absolute Gasteiger partial charge is 0.311 e. The Bertz CT molecular complexity index is 1260. The molecule has 0 aromatic heterocycles. The van der Waals surface area contributed by atoms with Crippen LogP contribution in [0.15, 0.2) is 72.8 Å². The standard InChI is InChI=1S/C24H18N2O7/c1-32-21-12-11-16(13-18(21)26(30)31)19(27)14-25-23(28)17-9-5-6-10-20(17)33-22(24(25)29)15-7-3-2-4-8-15/h2-13,22H,14H2,1H3. The molecule has 0 radical (unpaired) electrons. The number of para-hydroxylation sites is 1. The number of carbonyl (C=O) groups excluding carboxylic acids is 3. The Kier molecular flexibility index (Phi) is 5.86. The average molecular weight is 446 g/mol. The SMILES string of the molecule is COc1ccc(C(=O)CN2C(=O)c3ccccc3OC(c3ccccc3)C2=O)cc1[N+](=O)[O-]. The molecule has 0 spiro atoms. The fourth-order valence-corrected chi connectivity index (χ4v) is 3.54. The lowest BCUT2D eigenvalue weighted by molar-refractivity contribution is -0.385. The van der Waals surface area contributed by atoms with E-state index in [1.165, 1.54) is 25.3 Å². The normalized spacial score (nSPS) is 15.3. The third kappa shape index (κ3) is 4.16. The summed E-state index contributed by atoms with van der Waals surface area (Å²) in [6.45, 7) is -0.609. The Hall–Kier alpha value is -4.53. The summed E-state index contributed by atoms with van der Waals surface area (Å²) in [4.78, 5) is 51.0. The number of imide groups is 1. The first kappa shape index (κ1) is 21.7. The van der Waals surface area contributed by atoms with Gasteiger partial charge in [0, 0.05) is 17.2 Å². The Morgan fingerprint density at radius 3 is 2.45 bits per heavy atom. The van der Waals surface area contributed by atoms with Crippen molar-refractivity contribution in [1.82, 2.24) is 4.90 Å². The van der Waals surface area contributed by atoms with E-state index in [9.17, 15) is 24.5 Å².